The predicted molar refractivity (Wildman–Crippen MR) is 104 cm³/mol. The molecule has 0 spiro atoms. The summed E-state index contributed by atoms with van der Waals surface area (Å²) in [6, 6.07) is 15.9. The van der Waals surface area contributed by atoms with E-state index in [9.17, 15) is 4.79 Å². The van der Waals surface area contributed by atoms with Crippen LogP contribution in [0.4, 0.5) is 0 Å². The molecule has 26 heavy (non-hydrogen) atoms. The highest BCUT2D eigenvalue weighted by atomic mass is 16.5. The van der Waals surface area contributed by atoms with Gasteiger partial charge in [0.25, 0.3) is 0 Å². The van der Waals surface area contributed by atoms with E-state index in [-0.39, 0.29) is 11.4 Å². The normalized spacial score (nSPS) is 24.0. The first-order valence-corrected chi connectivity index (χ1v) is 9.82. The lowest BCUT2D eigenvalue weighted by Crippen LogP contribution is -2.25. The molecule has 1 unspecified atom stereocenters. The van der Waals surface area contributed by atoms with Gasteiger partial charge in [0.15, 0.2) is 0 Å². The van der Waals surface area contributed by atoms with Gasteiger partial charge < -0.3 is 4.74 Å². The quantitative estimate of drug-likeness (QED) is 0.749. The van der Waals surface area contributed by atoms with Crippen molar-refractivity contribution in [3.05, 3.63) is 70.3 Å². The van der Waals surface area contributed by atoms with Crippen molar-refractivity contribution >= 4 is 5.97 Å². The van der Waals surface area contributed by atoms with Crippen molar-refractivity contribution in [2.45, 2.75) is 52.4 Å². The summed E-state index contributed by atoms with van der Waals surface area (Å²) < 4.78 is 5.31. The van der Waals surface area contributed by atoms with E-state index in [0.29, 0.717) is 6.61 Å². The largest absolute Gasteiger partial charge is 0.465 e. The molecule has 0 saturated carbocycles. The highest BCUT2D eigenvalue weighted by Gasteiger charge is 2.34. The van der Waals surface area contributed by atoms with Crippen LogP contribution in [-0.4, -0.2) is 12.6 Å². The molecule has 0 amide bonds. The third-order valence-corrected chi connectivity index (χ3v) is 6.10. The van der Waals surface area contributed by atoms with Gasteiger partial charge in [0, 0.05) is 12.3 Å². The maximum Gasteiger partial charge on any atom is 0.302 e. The van der Waals surface area contributed by atoms with Gasteiger partial charge in [0.2, 0.25) is 0 Å². The Hall–Kier alpha value is -2.09. The molecule has 2 aromatic carbocycles. The molecule has 2 aromatic rings. The van der Waals surface area contributed by atoms with Gasteiger partial charge in [-0.05, 0) is 72.3 Å². The monoisotopic (exact) mass is 348 g/mol. The van der Waals surface area contributed by atoms with Gasteiger partial charge in [-0.3, -0.25) is 4.79 Å². The van der Waals surface area contributed by atoms with E-state index in [1.165, 1.54) is 49.3 Å². The van der Waals surface area contributed by atoms with E-state index in [1.54, 1.807) is 11.1 Å². The van der Waals surface area contributed by atoms with Crippen LogP contribution in [0.5, 0.6) is 0 Å². The van der Waals surface area contributed by atoms with Gasteiger partial charge in [-0.15, -0.1) is 0 Å². The van der Waals surface area contributed by atoms with Crippen LogP contribution in [0.3, 0.4) is 0 Å². The maximum absolute atomic E-state index is 11.2. The van der Waals surface area contributed by atoms with E-state index in [1.807, 2.05) is 0 Å². The zero-order chi connectivity index (χ0) is 18.1. The van der Waals surface area contributed by atoms with Gasteiger partial charge in [-0.2, -0.15) is 0 Å². The third kappa shape index (κ3) is 3.70. The highest BCUT2D eigenvalue weighted by molar-refractivity contribution is 5.66. The number of ether oxygens (including phenoxy) is 1. The Morgan fingerprint density at radius 2 is 1.85 bits per heavy atom. The summed E-state index contributed by atoms with van der Waals surface area (Å²) in [7, 11) is 0. The van der Waals surface area contributed by atoms with E-state index >= 15 is 0 Å². The number of carbonyl (C=O) groups excluding carboxylic acids is 1. The fourth-order valence-corrected chi connectivity index (χ4v) is 4.78. The molecule has 0 heterocycles. The lowest BCUT2D eigenvalue weighted by molar-refractivity contribution is -0.144. The molecule has 0 saturated heterocycles. The first-order valence-electron chi connectivity index (χ1n) is 9.82. The molecule has 136 valence electrons. The smallest absolute Gasteiger partial charge is 0.302 e. The second-order valence-electron chi connectivity index (χ2n) is 8.63. The molecule has 2 aliphatic carbocycles. The van der Waals surface area contributed by atoms with Crippen molar-refractivity contribution in [1.82, 2.24) is 0 Å². The molecule has 0 aromatic heterocycles. The van der Waals surface area contributed by atoms with Crippen LogP contribution < -0.4 is 0 Å². The van der Waals surface area contributed by atoms with E-state index in [2.05, 4.69) is 49.4 Å². The van der Waals surface area contributed by atoms with Crippen molar-refractivity contribution in [2.24, 2.45) is 11.3 Å². The van der Waals surface area contributed by atoms with Gasteiger partial charge in [0.1, 0.15) is 0 Å². The van der Waals surface area contributed by atoms with E-state index < -0.39 is 0 Å². The van der Waals surface area contributed by atoms with Gasteiger partial charge in [-0.1, -0.05) is 49.4 Å². The number of carbonyl (C=O) groups is 1. The SMILES string of the molecule is CC(=O)OC[C@@]1(C)Cc2ccc(CC3CCc4ccccc4C3)cc2C1. The Balaban J connectivity index is 1.43. The fourth-order valence-electron chi connectivity index (χ4n) is 4.78. The number of hydrogen-bond acceptors (Lipinski definition) is 2. The van der Waals surface area contributed by atoms with Crippen molar-refractivity contribution in [3.8, 4) is 0 Å². The summed E-state index contributed by atoms with van der Waals surface area (Å²) in [5, 5.41) is 0. The topological polar surface area (TPSA) is 26.3 Å². The number of rotatable bonds is 4. The van der Waals surface area contributed by atoms with Crippen molar-refractivity contribution in [1.29, 1.82) is 0 Å². The van der Waals surface area contributed by atoms with Gasteiger partial charge >= 0.3 is 5.97 Å². The minimum Gasteiger partial charge on any atom is -0.465 e. The standard InChI is InChI=1S/C24H28O2/c1-17(25)26-16-24(2)14-22-10-8-19(13-23(22)15-24)11-18-7-9-20-5-3-4-6-21(20)12-18/h3-6,8,10,13,18H,7,9,11-12,14-16H2,1-2H3/t18?,24-/m0/s1. The Morgan fingerprint density at radius 1 is 1.08 bits per heavy atom. The molecular formula is C24H28O2. The van der Waals surface area contributed by atoms with Crippen molar-refractivity contribution in [3.63, 3.8) is 0 Å². The number of benzene rings is 2. The van der Waals surface area contributed by atoms with Crippen molar-refractivity contribution in [2.75, 3.05) is 6.61 Å². The molecule has 0 bridgehead atoms. The molecule has 0 aliphatic heterocycles. The van der Waals surface area contributed by atoms with Crippen molar-refractivity contribution < 1.29 is 9.53 Å². The fraction of sp³-hybridized carbons (Fsp3) is 0.458. The zero-order valence-electron chi connectivity index (χ0n) is 15.9. The summed E-state index contributed by atoms with van der Waals surface area (Å²) >= 11 is 0. The lowest BCUT2D eigenvalue weighted by atomic mass is 9.80. The first-order chi connectivity index (χ1) is 12.5. The molecule has 0 fully saturated rings. The van der Waals surface area contributed by atoms with Crippen LogP contribution in [0, 0.1) is 11.3 Å². The summed E-state index contributed by atoms with van der Waals surface area (Å²) in [6.07, 6.45) is 6.90. The van der Waals surface area contributed by atoms with Gasteiger partial charge in [0.05, 0.1) is 6.61 Å². The third-order valence-electron chi connectivity index (χ3n) is 6.10. The van der Waals surface area contributed by atoms with Crippen LogP contribution >= 0.6 is 0 Å². The van der Waals surface area contributed by atoms with Crippen LogP contribution in [0.15, 0.2) is 42.5 Å². The summed E-state index contributed by atoms with van der Waals surface area (Å²) in [5.74, 6) is 0.567. The summed E-state index contributed by atoms with van der Waals surface area (Å²) in [5.41, 5.74) is 7.48. The molecule has 2 nitrogen and oxygen atoms in total. The molecule has 2 aliphatic rings. The summed E-state index contributed by atoms with van der Waals surface area (Å²) in [4.78, 5) is 11.2. The Bertz CT molecular complexity index is 823. The van der Waals surface area contributed by atoms with Crippen LogP contribution in [-0.2, 0) is 41.6 Å². The second kappa shape index (κ2) is 6.90. The Labute approximate surface area is 156 Å². The molecule has 2 atom stereocenters. The average molecular weight is 348 g/mol. The molecule has 4 rings (SSSR count). The number of hydrogen-bond donors (Lipinski definition) is 0. The van der Waals surface area contributed by atoms with Crippen LogP contribution in [0.1, 0.15) is 48.1 Å². The van der Waals surface area contributed by atoms with Crippen LogP contribution in [0.25, 0.3) is 0 Å². The molecule has 0 N–H and O–H groups in total. The molecule has 0 radical (unpaired) electrons. The predicted octanol–water partition coefficient (Wildman–Crippen LogP) is 4.70. The molecule has 2 heteroatoms. The maximum atomic E-state index is 11.2. The molecular weight excluding hydrogens is 320 g/mol. The number of aryl methyl sites for hydroxylation is 1. The Morgan fingerprint density at radius 3 is 2.65 bits per heavy atom. The second-order valence-corrected chi connectivity index (χ2v) is 8.63. The van der Waals surface area contributed by atoms with Crippen LogP contribution in [0.2, 0.25) is 0 Å². The Kier molecular flexibility index (Phi) is 4.60. The average Bonchev–Trinajstić information content (AvgIpc) is 2.96. The summed E-state index contributed by atoms with van der Waals surface area (Å²) in [6.45, 7) is 4.24. The number of esters is 1. The number of fused-ring (bicyclic) bond motifs is 2. The minimum atomic E-state index is -0.180. The minimum absolute atomic E-state index is 0.0520. The lowest BCUT2D eigenvalue weighted by Gasteiger charge is -2.24. The zero-order valence-corrected chi connectivity index (χ0v) is 15.9. The highest BCUT2D eigenvalue weighted by Crippen LogP contribution is 2.38. The first kappa shape index (κ1) is 17.3. The van der Waals surface area contributed by atoms with Gasteiger partial charge in [-0.25, -0.2) is 0 Å². The van der Waals surface area contributed by atoms with E-state index in [0.717, 1.165) is 18.8 Å². The van der Waals surface area contributed by atoms with E-state index in [4.69, 9.17) is 4.74 Å².